The molecule has 0 fully saturated rings. The average Bonchev–Trinajstić information content (AvgIpc) is 3.12. The minimum absolute atomic E-state index is 0.0627. The first-order valence-corrected chi connectivity index (χ1v) is 18.6. The van der Waals surface area contributed by atoms with Crippen LogP contribution in [0.2, 0.25) is 0 Å². The Bertz CT molecular complexity index is 1590. The van der Waals surface area contributed by atoms with Crippen LogP contribution in [0.15, 0.2) is 73.1 Å². The second-order valence-corrected chi connectivity index (χ2v) is 14.7. The van der Waals surface area contributed by atoms with Crippen LogP contribution in [0.3, 0.4) is 0 Å². The van der Waals surface area contributed by atoms with Gasteiger partial charge in [0.2, 0.25) is 11.8 Å². The number of carbonyl (C=O) groups excluding carboxylic acids is 4. The van der Waals surface area contributed by atoms with Crippen LogP contribution in [0.1, 0.15) is 92.3 Å². The third kappa shape index (κ3) is 12.7. The largest absolute Gasteiger partial charge is 0.391 e. The highest BCUT2D eigenvalue weighted by Gasteiger charge is 2.30. The van der Waals surface area contributed by atoms with Crippen molar-refractivity contribution < 1.29 is 24.3 Å². The van der Waals surface area contributed by atoms with Crippen molar-refractivity contribution in [3.63, 3.8) is 0 Å². The van der Waals surface area contributed by atoms with Crippen LogP contribution in [-0.2, 0) is 16.1 Å². The van der Waals surface area contributed by atoms with E-state index in [0.717, 1.165) is 11.1 Å². The molecular weight excluding hydrogens is 665 g/mol. The Morgan fingerprint density at radius 3 is 1.98 bits per heavy atom. The molecule has 0 radical (unpaired) electrons. The van der Waals surface area contributed by atoms with Gasteiger partial charge in [0.25, 0.3) is 11.8 Å². The zero-order chi connectivity index (χ0) is 37.7. The first-order chi connectivity index (χ1) is 24.2. The van der Waals surface area contributed by atoms with Gasteiger partial charge in [-0.15, -0.1) is 0 Å². The molecule has 4 amide bonds. The normalized spacial score (nSPS) is 14.2. The summed E-state index contributed by atoms with van der Waals surface area (Å²) in [4.78, 5) is 57.5. The smallest absolute Gasteiger partial charge is 0.251 e. The summed E-state index contributed by atoms with van der Waals surface area (Å²) in [5.41, 5.74) is 3.12. The minimum Gasteiger partial charge on any atom is -0.391 e. The molecule has 51 heavy (non-hydrogen) atoms. The Kier molecular flexibility index (Phi) is 15.9. The van der Waals surface area contributed by atoms with Crippen LogP contribution in [0.5, 0.6) is 0 Å². The third-order valence-corrected chi connectivity index (χ3v) is 9.50. The van der Waals surface area contributed by atoms with Crippen LogP contribution in [0, 0.1) is 17.8 Å². The van der Waals surface area contributed by atoms with Gasteiger partial charge in [0.05, 0.1) is 18.2 Å². The maximum absolute atomic E-state index is 13.8. The maximum atomic E-state index is 13.8. The molecule has 0 spiro atoms. The molecule has 3 rings (SSSR count). The number of hydrogen-bond acceptors (Lipinski definition) is 8. The van der Waals surface area contributed by atoms with Gasteiger partial charge in [-0.2, -0.15) is 0 Å². The molecule has 1 heterocycles. The number of amides is 4. The van der Waals surface area contributed by atoms with E-state index in [9.17, 15) is 24.3 Å². The van der Waals surface area contributed by atoms with Crippen molar-refractivity contribution >= 4 is 41.3 Å². The van der Waals surface area contributed by atoms with Gasteiger partial charge in [-0.1, -0.05) is 76.9 Å². The van der Waals surface area contributed by atoms with Crippen LogP contribution in [0.4, 0.5) is 5.69 Å². The zero-order valence-corrected chi connectivity index (χ0v) is 31.8. The number of benzene rings is 2. The van der Waals surface area contributed by atoms with Crippen LogP contribution in [0.25, 0.3) is 0 Å². The highest BCUT2D eigenvalue weighted by atomic mass is 32.2. The van der Waals surface area contributed by atoms with E-state index in [0.29, 0.717) is 24.2 Å². The van der Waals surface area contributed by atoms with E-state index >= 15 is 0 Å². The molecule has 2 aromatic carbocycles. The summed E-state index contributed by atoms with van der Waals surface area (Å²) in [6, 6.07) is 16.6. The van der Waals surface area contributed by atoms with Gasteiger partial charge >= 0.3 is 0 Å². The summed E-state index contributed by atoms with van der Waals surface area (Å²) in [5.74, 6) is -2.13. The van der Waals surface area contributed by atoms with Crippen molar-refractivity contribution in [1.82, 2.24) is 26.3 Å². The molecule has 11 nitrogen and oxygen atoms in total. The Hall–Kier alpha value is -4.42. The molecule has 0 aliphatic rings. The van der Waals surface area contributed by atoms with Gasteiger partial charge in [-0.05, 0) is 73.1 Å². The summed E-state index contributed by atoms with van der Waals surface area (Å²) in [5, 5.41) is 23.2. The molecule has 12 heteroatoms. The summed E-state index contributed by atoms with van der Waals surface area (Å²) in [6.45, 7) is 11.6. The van der Waals surface area contributed by atoms with Crippen molar-refractivity contribution in [2.24, 2.45) is 17.8 Å². The molecular formula is C39H54N6O5S. The van der Waals surface area contributed by atoms with E-state index < -0.39 is 30.0 Å². The number of rotatable bonds is 18. The Morgan fingerprint density at radius 1 is 0.804 bits per heavy atom. The SMILES string of the molecule is CSN(C)c1cc(C(=O)N[C@@H](CC(C)C)[C@@H](O)C[C@@H](C)C(=O)N[C@H](C(=O)NCc2ccncc2)C(C)C)cc(C(=O)N[C@H](C)c2ccccc2)c1. The van der Waals surface area contributed by atoms with E-state index in [1.807, 2.05) is 94.7 Å². The van der Waals surface area contributed by atoms with Gasteiger partial charge in [0, 0.05) is 55.0 Å². The van der Waals surface area contributed by atoms with Crippen LogP contribution < -0.4 is 25.6 Å². The quantitative estimate of drug-likeness (QED) is 0.112. The molecule has 1 aromatic heterocycles. The van der Waals surface area contributed by atoms with Crippen molar-refractivity contribution in [1.29, 1.82) is 0 Å². The van der Waals surface area contributed by atoms with Gasteiger partial charge < -0.3 is 30.7 Å². The van der Waals surface area contributed by atoms with Gasteiger partial charge in [0.1, 0.15) is 6.04 Å². The molecule has 0 aliphatic carbocycles. The molecule has 276 valence electrons. The number of hydrogen-bond donors (Lipinski definition) is 5. The second-order valence-electron chi connectivity index (χ2n) is 13.8. The third-order valence-electron chi connectivity index (χ3n) is 8.74. The number of nitrogens with zero attached hydrogens (tertiary/aromatic N) is 2. The number of anilines is 1. The fraction of sp³-hybridized carbons (Fsp3) is 0.462. The van der Waals surface area contributed by atoms with Crippen LogP contribution in [-0.4, -0.2) is 65.2 Å². The molecule has 5 N–H and O–H groups in total. The molecule has 0 saturated heterocycles. The second kappa shape index (κ2) is 19.8. The topological polar surface area (TPSA) is 153 Å². The summed E-state index contributed by atoms with van der Waals surface area (Å²) < 4.78 is 1.86. The van der Waals surface area contributed by atoms with E-state index in [2.05, 4.69) is 26.3 Å². The predicted octanol–water partition coefficient (Wildman–Crippen LogP) is 5.28. The standard InChI is InChI=1S/C39H54N6O5S/c1-24(2)18-33(34(46)19-26(5)36(47)44-35(25(3)4)39(50)41-23-28-14-16-40-17-15-28)43-38(49)31-20-30(21-32(22-31)45(7)51-8)37(48)42-27(6)29-12-10-9-11-13-29/h9-17,20-22,24-27,33-35,46H,18-19,23H2,1-8H3,(H,41,50)(H,42,48)(H,43,49)(H,44,47)/t26-,27-,33+,34+,35+/m1/s1. The Labute approximate surface area is 306 Å². The van der Waals surface area contributed by atoms with E-state index in [-0.39, 0.29) is 47.6 Å². The fourth-order valence-electron chi connectivity index (χ4n) is 5.60. The van der Waals surface area contributed by atoms with E-state index in [1.54, 1.807) is 37.5 Å². The van der Waals surface area contributed by atoms with Gasteiger partial charge in [-0.25, -0.2) is 0 Å². The lowest BCUT2D eigenvalue weighted by molar-refractivity contribution is -0.132. The minimum atomic E-state index is -1.05. The fourth-order valence-corrected chi connectivity index (χ4v) is 5.92. The lowest BCUT2D eigenvalue weighted by atomic mass is 9.91. The van der Waals surface area contributed by atoms with Crippen molar-refractivity contribution in [3.8, 4) is 0 Å². The van der Waals surface area contributed by atoms with Gasteiger partial charge in [-0.3, -0.25) is 24.2 Å². The van der Waals surface area contributed by atoms with Crippen molar-refractivity contribution in [3.05, 3.63) is 95.3 Å². The lowest BCUT2D eigenvalue weighted by Crippen LogP contribution is -2.51. The molecule has 0 saturated carbocycles. The highest BCUT2D eigenvalue weighted by Crippen LogP contribution is 2.24. The Morgan fingerprint density at radius 2 is 1.41 bits per heavy atom. The highest BCUT2D eigenvalue weighted by molar-refractivity contribution is 7.99. The van der Waals surface area contributed by atoms with Crippen LogP contribution >= 0.6 is 11.9 Å². The monoisotopic (exact) mass is 718 g/mol. The van der Waals surface area contributed by atoms with E-state index in [1.165, 1.54) is 11.9 Å². The predicted molar refractivity (Wildman–Crippen MR) is 204 cm³/mol. The zero-order valence-electron chi connectivity index (χ0n) is 31.0. The first-order valence-electron chi connectivity index (χ1n) is 17.4. The first kappa shape index (κ1) is 41.0. The number of aliphatic hydroxyl groups is 1. The Balaban J connectivity index is 1.72. The lowest BCUT2D eigenvalue weighted by Gasteiger charge is -2.29. The molecule has 0 bridgehead atoms. The molecule has 0 aliphatic heterocycles. The van der Waals surface area contributed by atoms with Crippen molar-refractivity contribution in [2.75, 3.05) is 17.6 Å². The summed E-state index contributed by atoms with van der Waals surface area (Å²) in [7, 11) is 1.85. The summed E-state index contributed by atoms with van der Waals surface area (Å²) in [6.07, 6.45) is 4.66. The number of pyridine rings is 1. The number of nitrogens with one attached hydrogen (secondary N) is 4. The molecule has 0 unspecified atom stereocenters. The average molecular weight is 719 g/mol. The maximum Gasteiger partial charge on any atom is 0.251 e. The molecule has 3 aromatic rings. The molecule has 5 atom stereocenters. The van der Waals surface area contributed by atoms with Crippen molar-refractivity contribution in [2.45, 2.75) is 85.2 Å². The number of carbonyl (C=O) groups is 4. The van der Waals surface area contributed by atoms with Gasteiger partial charge in [0.15, 0.2) is 0 Å². The number of aromatic nitrogens is 1. The summed E-state index contributed by atoms with van der Waals surface area (Å²) >= 11 is 1.44. The number of aliphatic hydroxyl groups excluding tert-OH is 1. The van der Waals surface area contributed by atoms with E-state index in [4.69, 9.17) is 0 Å².